The van der Waals surface area contributed by atoms with Crippen molar-refractivity contribution in [3.8, 4) is 0 Å². The van der Waals surface area contributed by atoms with E-state index in [1.807, 2.05) is 6.07 Å². The first-order valence-corrected chi connectivity index (χ1v) is 6.53. The molecule has 1 aliphatic heterocycles. The lowest BCUT2D eigenvalue weighted by Crippen LogP contribution is -2.48. The molecule has 0 spiro atoms. The van der Waals surface area contributed by atoms with Crippen molar-refractivity contribution in [1.82, 2.24) is 10.2 Å². The van der Waals surface area contributed by atoms with Gasteiger partial charge >= 0.3 is 0 Å². The van der Waals surface area contributed by atoms with E-state index in [9.17, 15) is 4.79 Å². The highest BCUT2D eigenvalue weighted by Gasteiger charge is 2.20. The Morgan fingerprint density at radius 2 is 2.17 bits per heavy atom. The number of nitrogens with zero attached hydrogens (tertiary/aromatic N) is 1. The van der Waals surface area contributed by atoms with Gasteiger partial charge in [-0.2, -0.15) is 0 Å². The van der Waals surface area contributed by atoms with Crippen LogP contribution in [0.1, 0.15) is 18.4 Å². The van der Waals surface area contributed by atoms with Crippen LogP contribution in [0.4, 0.5) is 0 Å². The Morgan fingerprint density at radius 3 is 2.89 bits per heavy atom. The predicted octanol–water partition coefficient (Wildman–Crippen LogP) is 0.726. The van der Waals surface area contributed by atoms with Crippen LogP contribution in [0.2, 0.25) is 0 Å². The Balaban J connectivity index is 1.85. The van der Waals surface area contributed by atoms with E-state index in [-0.39, 0.29) is 18.5 Å². The minimum absolute atomic E-state index is 0.0541. The molecular formula is C14H21N3O. The van der Waals surface area contributed by atoms with Crippen molar-refractivity contribution in [3.05, 3.63) is 35.9 Å². The first-order chi connectivity index (χ1) is 8.78. The van der Waals surface area contributed by atoms with Gasteiger partial charge in [0.2, 0.25) is 5.91 Å². The summed E-state index contributed by atoms with van der Waals surface area (Å²) >= 11 is 0. The lowest BCUT2D eigenvalue weighted by Gasteiger charge is -2.33. The van der Waals surface area contributed by atoms with E-state index in [4.69, 9.17) is 5.73 Å². The second kappa shape index (κ2) is 6.52. The van der Waals surface area contributed by atoms with E-state index in [0.29, 0.717) is 0 Å². The lowest BCUT2D eigenvalue weighted by molar-refractivity contribution is -0.120. The number of rotatable bonds is 4. The Morgan fingerprint density at radius 1 is 1.39 bits per heavy atom. The fraction of sp³-hybridized carbons (Fsp3) is 0.500. The number of amides is 1. The molecule has 1 fully saturated rings. The average molecular weight is 247 g/mol. The highest BCUT2D eigenvalue weighted by Crippen LogP contribution is 2.13. The van der Waals surface area contributed by atoms with Crippen molar-refractivity contribution in [1.29, 1.82) is 0 Å². The van der Waals surface area contributed by atoms with Crippen LogP contribution in [0.5, 0.6) is 0 Å². The predicted molar refractivity (Wildman–Crippen MR) is 71.9 cm³/mol. The molecule has 1 aliphatic rings. The van der Waals surface area contributed by atoms with Gasteiger partial charge in [-0.1, -0.05) is 30.3 Å². The quantitative estimate of drug-likeness (QED) is 0.824. The van der Waals surface area contributed by atoms with E-state index in [1.54, 1.807) is 0 Å². The van der Waals surface area contributed by atoms with Crippen molar-refractivity contribution >= 4 is 5.91 Å². The van der Waals surface area contributed by atoms with Crippen molar-refractivity contribution in [2.45, 2.75) is 25.4 Å². The molecule has 0 radical (unpaired) electrons. The minimum Gasteiger partial charge on any atom is -0.351 e. The highest BCUT2D eigenvalue weighted by atomic mass is 16.1. The second-order valence-electron chi connectivity index (χ2n) is 4.83. The summed E-state index contributed by atoms with van der Waals surface area (Å²) in [6, 6.07) is 10.7. The van der Waals surface area contributed by atoms with Gasteiger partial charge in [-0.25, -0.2) is 0 Å². The van der Waals surface area contributed by atoms with Gasteiger partial charge in [-0.3, -0.25) is 9.69 Å². The maximum absolute atomic E-state index is 11.3. The maximum atomic E-state index is 11.3. The van der Waals surface area contributed by atoms with Crippen LogP contribution in [0.3, 0.4) is 0 Å². The summed E-state index contributed by atoms with van der Waals surface area (Å²) in [6.07, 6.45) is 2.18. The number of benzene rings is 1. The lowest BCUT2D eigenvalue weighted by atomic mass is 10.0. The van der Waals surface area contributed by atoms with Gasteiger partial charge in [0.15, 0.2) is 0 Å². The molecule has 0 aliphatic carbocycles. The standard InChI is InChI=1S/C14H21N3O/c15-9-14(18)16-13-7-4-8-17(11-13)10-12-5-2-1-3-6-12/h1-3,5-6,13H,4,7-11,15H2,(H,16,18)/t13-/m1/s1. The van der Waals surface area contributed by atoms with Crippen LogP contribution in [-0.2, 0) is 11.3 Å². The highest BCUT2D eigenvalue weighted by molar-refractivity contribution is 5.78. The van der Waals surface area contributed by atoms with Crippen molar-refractivity contribution in [2.24, 2.45) is 5.73 Å². The molecule has 3 N–H and O–H groups in total. The number of nitrogens with one attached hydrogen (secondary N) is 1. The molecule has 0 bridgehead atoms. The SMILES string of the molecule is NCC(=O)N[C@@H]1CCCN(Cc2ccccc2)C1. The van der Waals surface area contributed by atoms with Gasteiger partial charge in [0.05, 0.1) is 6.54 Å². The largest absolute Gasteiger partial charge is 0.351 e. The van der Waals surface area contributed by atoms with E-state index >= 15 is 0 Å². The van der Waals surface area contributed by atoms with Crippen LogP contribution in [0, 0.1) is 0 Å². The summed E-state index contributed by atoms with van der Waals surface area (Å²) in [6.45, 7) is 3.05. The molecular weight excluding hydrogens is 226 g/mol. The number of hydrogen-bond donors (Lipinski definition) is 2. The molecule has 1 amide bonds. The molecule has 0 saturated carbocycles. The number of carbonyl (C=O) groups excluding carboxylic acids is 1. The smallest absolute Gasteiger partial charge is 0.233 e. The summed E-state index contributed by atoms with van der Waals surface area (Å²) < 4.78 is 0. The van der Waals surface area contributed by atoms with Gasteiger partial charge in [-0.05, 0) is 24.9 Å². The molecule has 1 saturated heterocycles. The summed E-state index contributed by atoms with van der Waals surface area (Å²) in [5.41, 5.74) is 6.64. The van der Waals surface area contributed by atoms with Crippen LogP contribution in [-0.4, -0.2) is 36.5 Å². The van der Waals surface area contributed by atoms with Crippen LogP contribution in [0.25, 0.3) is 0 Å². The molecule has 1 atom stereocenters. The molecule has 2 rings (SSSR count). The Bertz CT molecular complexity index is 380. The molecule has 18 heavy (non-hydrogen) atoms. The second-order valence-corrected chi connectivity index (χ2v) is 4.83. The van der Waals surface area contributed by atoms with Crippen molar-refractivity contribution < 1.29 is 4.79 Å². The van der Waals surface area contributed by atoms with Crippen LogP contribution in [0.15, 0.2) is 30.3 Å². The molecule has 0 aromatic heterocycles. The summed E-state index contributed by atoms with van der Waals surface area (Å²) in [4.78, 5) is 13.7. The van der Waals surface area contributed by atoms with E-state index in [1.165, 1.54) is 5.56 Å². The molecule has 4 nitrogen and oxygen atoms in total. The Labute approximate surface area is 108 Å². The van der Waals surface area contributed by atoms with Crippen molar-refractivity contribution in [3.63, 3.8) is 0 Å². The van der Waals surface area contributed by atoms with E-state index in [0.717, 1.165) is 32.5 Å². The number of piperidine rings is 1. The molecule has 0 unspecified atom stereocenters. The van der Waals surface area contributed by atoms with Gasteiger partial charge in [0, 0.05) is 19.1 Å². The number of hydrogen-bond acceptors (Lipinski definition) is 3. The van der Waals surface area contributed by atoms with Gasteiger partial charge < -0.3 is 11.1 Å². The van der Waals surface area contributed by atoms with E-state index < -0.39 is 0 Å². The fourth-order valence-corrected chi connectivity index (χ4v) is 2.45. The third-order valence-corrected chi connectivity index (χ3v) is 3.31. The third kappa shape index (κ3) is 3.82. The van der Waals surface area contributed by atoms with Crippen LogP contribution < -0.4 is 11.1 Å². The van der Waals surface area contributed by atoms with Gasteiger partial charge in [0.25, 0.3) is 0 Å². The fourth-order valence-electron chi connectivity index (χ4n) is 2.45. The van der Waals surface area contributed by atoms with Gasteiger partial charge in [0.1, 0.15) is 0 Å². The topological polar surface area (TPSA) is 58.4 Å². The Hall–Kier alpha value is -1.39. The summed E-state index contributed by atoms with van der Waals surface area (Å²) in [7, 11) is 0. The molecule has 1 aromatic carbocycles. The monoisotopic (exact) mass is 247 g/mol. The summed E-state index contributed by atoms with van der Waals surface area (Å²) in [5, 5.41) is 2.98. The van der Waals surface area contributed by atoms with Gasteiger partial charge in [-0.15, -0.1) is 0 Å². The number of nitrogens with two attached hydrogens (primary N) is 1. The van der Waals surface area contributed by atoms with Crippen LogP contribution >= 0.6 is 0 Å². The molecule has 4 heteroatoms. The first kappa shape index (κ1) is 13.1. The van der Waals surface area contributed by atoms with E-state index in [2.05, 4.69) is 34.5 Å². The van der Waals surface area contributed by atoms with Crippen molar-refractivity contribution in [2.75, 3.05) is 19.6 Å². The Kier molecular flexibility index (Phi) is 4.73. The molecule has 98 valence electrons. The zero-order valence-electron chi connectivity index (χ0n) is 10.6. The molecule has 1 heterocycles. The third-order valence-electron chi connectivity index (χ3n) is 3.31. The zero-order valence-corrected chi connectivity index (χ0v) is 10.6. The normalized spacial score (nSPS) is 20.6. The number of likely N-dealkylation sites (tertiary alicyclic amines) is 1. The first-order valence-electron chi connectivity index (χ1n) is 6.53. The zero-order chi connectivity index (χ0) is 12.8. The maximum Gasteiger partial charge on any atom is 0.233 e. The average Bonchev–Trinajstić information content (AvgIpc) is 2.40. The molecule has 1 aromatic rings. The summed E-state index contributed by atoms with van der Waals surface area (Å²) in [5.74, 6) is -0.0541. The number of carbonyl (C=O) groups is 1. The minimum atomic E-state index is -0.0541.